The predicted octanol–water partition coefficient (Wildman–Crippen LogP) is 1.54. The number of nitrogens with zero attached hydrogens (tertiary/aromatic N) is 4. The van der Waals surface area contributed by atoms with Gasteiger partial charge in [-0.2, -0.15) is 5.10 Å². The van der Waals surface area contributed by atoms with Crippen molar-refractivity contribution in [2.45, 2.75) is 12.1 Å². The molecule has 4 rings (SSSR count). The van der Waals surface area contributed by atoms with Crippen LogP contribution >= 0.6 is 0 Å². The van der Waals surface area contributed by atoms with Gasteiger partial charge in [-0.25, -0.2) is 0 Å². The fraction of sp³-hybridized carbons (Fsp3) is 0.316. The number of morpholine rings is 1. The molecule has 0 aliphatic carbocycles. The molecule has 0 saturated carbocycles. The Hall–Kier alpha value is -2.77. The molecule has 0 unspecified atom stereocenters. The second kappa shape index (κ2) is 6.86. The van der Waals surface area contributed by atoms with Gasteiger partial charge in [0.05, 0.1) is 36.5 Å². The van der Waals surface area contributed by atoms with Crippen molar-refractivity contribution in [1.29, 1.82) is 0 Å². The molecule has 3 aromatic rings. The summed E-state index contributed by atoms with van der Waals surface area (Å²) in [5.41, 5.74) is 2.99. The molecule has 7 nitrogen and oxygen atoms in total. The van der Waals surface area contributed by atoms with Crippen molar-refractivity contribution in [3.63, 3.8) is 0 Å². The number of aryl methyl sites for hydroxylation is 1. The number of ether oxygens (including phenoxy) is 1. The van der Waals surface area contributed by atoms with Crippen LogP contribution in [0.2, 0.25) is 0 Å². The highest BCUT2D eigenvalue weighted by Crippen LogP contribution is 2.31. The average Bonchev–Trinajstić information content (AvgIpc) is 3.07. The van der Waals surface area contributed by atoms with Crippen LogP contribution in [0.25, 0.3) is 11.0 Å². The quantitative estimate of drug-likeness (QED) is 0.773. The number of hydrogen-bond donors (Lipinski definition) is 1. The highest BCUT2D eigenvalue weighted by atomic mass is 16.5. The molecule has 1 amide bonds. The Morgan fingerprint density at radius 2 is 2.12 bits per heavy atom. The Kier molecular flexibility index (Phi) is 4.40. The van der Waals surface area contributed by atoms with Crippen LogP contribution in [0.3, 0.4) is 0 Å². The topological polar surface area (TPSA) is 80.5 Å². The molecule has 0 bridgehead atoms. The third-order valence-corrected chi connectivity index (χ3v) is 4.78. The lowest BCUT2D eigenvalue weighted by Gasteiger charge is -2.41. The largest absolute Gasteiger partial charge is 0.394 e. The zero-order valence-corrected chi connectivity index (χ0v) is 14.4. The number of carbonyl (C=O) groups excluding carboxylic acids is 1. The van der Waals surface area contributed by atoms with Gasteiger partial charge in [-0.3, -0.25) is 14.5 Å². The summed E-state index contributed by atoms with van der Waals surface area (Å²) in [7, 11) is 1.82. The molecule has 1 fully saturated rings. The molecule has 3 heterocycles. The SMILES string of the molecule is Cn1ncc2ncc(C(=O)N3CCO[C@@H](CO)[C@@H]3c3ccccc3)cc21. The van der Waals surface area contributed by atoms with Crippen molar-refractivity contribution in [3.05, 3.63) is 59.9 Å². The lowest BCUT2D eigenvalue weighted by atomic mass is 9.97. The summed E-state index contributed by atoms with van der Waals surface area (Å²) in [6.45, 7) is 0.697. The maximum atomic E-state index is 13.2. The van der Waals surface area contributed by atoms with E-state index in [2.05, 4.69) is 10.1 Å². The molecule has 26 heavy (non-hydrogen) atoms. The molecule has 2 aromatic heterocycles. The van der Waals surface area contributed by atoms with Gasteiger partial charge >= 0.3 is 0 Å². The molecule has 1 N–H and O–H groups in total. The predicted molar refractivity (Wildman–Crippen MR) is 95.6 cm³/mol. The van der Waals surface area contributed by atoms with Crippen molar-refractivity contribution in [1.82, 2.24) is 19.7 Å². The van der Waals surface area contributed by atoms with Gasteiger partial charge in [0, 0.05) is 19.8 Å². The Morgan fingerprint density at radius 1 is 1.31 bits per heavy atom. The molecule has 7 heteroatoms. The van der Waals surface area contributed by atoms with Crippen LogP contribution in [0.4, 0.5) is 0 Å². The second-order valence-corrected chi connectivity index (χ2v) is 6.34. The van der Waals surface area contributed by atoms with Crippen molar-refractivity contribution in [2.75, 3.05) is 19.8 Å². The van der Waals surface area contributed by atoms with E-state index in [0.717, 1.165) is 16.6 Å². The minimum atomic E-state index is -0.455. The third-order valence-electron chi connectivity index (χ3n) is 4.78. The normalized spacial score (nSPS) is 20.5. The van der Waals surface area contributed by atoms with E-state index in [4.69, 9.17) is 4.74 Å². The fourth-order valence-corrected chi connectivity index (χ4v) is 3.47. The molecule has 1 aliphatic heterocycles. The first-order chi connectivity index (χ1) is 12.7. The van der Waals surface area contributed by atoms with Crippen LogP contribution in [-0.2, 0) is 11.8 Å². The highest BCUT2D eigenvalue weighted by molar-refractivity contribution is 5.97. The summed E-state index contributed by atoms with van der Waals surface area (Å²) in [4.78, 5) is 19.3. The van der Waals surface area contributed by atoms with E-state index in [1.165, 1.54) is 0 Å². The minimum absolute atomic E-state index is 0.129. The lowest BCUT2D eigenvalue weighted by Crippen LogP contribution is -2.49. The zero-order valence-electron chi connectivity index (χ0n) is 14.4. The highest BCUT2D eigenvalue weighted by Gasteiger charge is 2.36. The van der Waals surface area contributed by atoms with E-state index >= 15 is 0 Å². The van der Waals surface area contributed by atoms with E-state index in [-0.39, 0.29) is 18.6 Å². The van der Waals surface area contributed by atoms with Crippen molar-refractivity contribution in [2.24, 2.45) is 7.05 Å². The molecular weight excluding hydrogens is 332 g/mol. The van der Waals surface area contributed by atoms with E-state index in [1.54, 1.807) is 22.0 Å². The Labute approximate surface area is 150 Å². The molecule has 2 atom stereocenters. The number of hydrogen-bond acceptors (Lipinski definition) is 5. The molecule has 1 saturated heterocycles. The first-order valence-corrected chi connectivity index (χ1v) is 8.55. The molecule has 0 spiro atoms. The summed E-state index contributed by atoms with van der Waals surface area (Å²) in [6, 6.07) is 11.1. The van der Waals surface area contributed by atoms with Crippen LogP contribution in [0, 0.1) is 0 Å². The van der Waals surface area contributed by atoms with Gasteiger partial charge in [-0.15, -0.1) is 0 Å². The maximum absolute atomic E-state index is 13.2. The van der Waals surface area contributed by atoms with E-state index in [1.807, 2.05) is 43.4 Å². The summed E-state index contributed by atoms with van der Waals surface area (Å²) in [6.07, 6.45) is 2.80. The number of amides is 1. The molecule has 134 valence electrons. The van der Waals surface area contributed by atoms with Crippen LogP contribution < -0.4 is 0 Å². The molecule has 0 radical (unpaired) electrons. The van der Waals surface area contributed by atoms with Crippen LogP contribution in [0.15, 0.2) is 48.8 Å². The number of pyridine rings is 1. The maximum Gasteiger partial charge on any atom is 0.256 e. The lowest BCUT2D eigenvalue weighted by molar-refractivity contribution is -0.0811. The Morgan fingerprint density at radius 3 is 2.88 bits per heavy atom. The van der Waals surface area contributed by atoms with E-state index in [9.17, 15) is 9.90 Å². The van der Waals surface area contributed by atoms with Gasteiger partial charge in [0.2, 0.25) is 0 Å². The fourth-order valence-electron chi connectivity index (χ4n) is 3.47. The molecule has 1 aromatic carbocycles. The van der Waals surface area contributed by atoms with Crippen molar-refractivity contribution < 1.29 is 14.6 Å². The number of carbonyl (C=O) groups is 1. The van der Waals surface area contributed by atoms with Crippen LogP contribution in [0.5, 0.6) is 0 Å². The number of benzene rings is 1. The van der Waals surface area contributed by atoms with Gasteiger partial charge in [0.15, 0.2) is 0 Å². The van der Waals surface area contributed by atoms with Gasteiger partial charge in [0.1, 0.15) is 11.6 Å². The molecular formula is C19H20N4O3. The van der Waals surface area contributed by atoms with E-state index < -0.39 is 6.10 Å². The number of aliphatic hydroxyl groups excluding tert-OH is 1. The first kappa shape index (κ1) is 16.7. The number of fused-ring (bicyclic) bond motifs is 1. The van der Waals surface area contributed by atoms with Crippen molar-refractivity contribution >= 4 is 16.9 Å². The third kappa shape index (κ3) is 2.85. The Bertz CT molecular complexity index is 925. The summed E-state index contributed by atoms with van der Waals surface area (Å²) < 4.78 is 7.41. The van der Waals surface area contributed by atoms with Gasteiger partial charge in [-0.05, 0) is 11.6 Å². The monoisotopic (exact) mass is 352 g/mol. The summed E-state index contributed by atoms with van der Waals surface area (Å²) >= 11 is 0. The smallest absolute Gasteiger partial charge is 0.256 e. The number of aromatic nitrogens is 3. The Balaban J connectivity index is 1.72. The van der Waals surface area contributed by atoms with Crippen molar-refractivity contribution in [3.8, 4) is 0 Å². The average molecular weight is 352 g/mol. The number of rotatable bonds is 3. The van der Waals surface area contributed by atoms with Gasteiger partial charge in [-0.1, -0.05) is 30.3 Å². The minimum Gasteiger partial charge on any atom is -0.394 e. The van der Waals surface area contributed by atoms with Gasteiger partial charge in [0.25, 0.3) is 5.91 Å². The van der Waals surface area contributed by atoms with Crippen LogP contribution in [0.1, 0.15) is 22.0 Å². The molecule has 1 aliphatic rings. The van der Waals surface area contributed by atoms with Gasteiger partial charge < -0.3 is 14.7 Å². The van der Waals surface area contributed by atoms with E-state index in [0.29, 0.717) is 18.7 Å². The first-order valence-electron chi connectivity index (χ1n) is 8.55. The zero-order chi connectivity index (χ0) is 18.1. The number of aliphatic hydroxyl groups is 1. The summed E-state index contributed by atoms with van der Waals surface area (Å²) in [5.74, 6) is -0.129. The second-order valence-electron chi connectivity index (χ2n) is 6.34. The van der Waals surface area contributed by atoms with Crippen LogP contribution in [-0.4, -0.2) is 56.5 Å². The summed E-state index contributed by atoms with van der Waals surface area (Å²) in [5, 5.41) is 13.9. The standard InChI is InChI=1S/C19H20N4O3/c1-22-16-9-14(10-20-15(16)11-21-22)19(25)23-7-8-26-17(12-24)18(23)13-5-3-2-4-6-13/h2-6,9-11,17-18,24H,7-8,12H2,1H3/t17-,18-/m0/s1.